The first-order chi connectivity index (χ1) is 10.9. The average Bonchev–Trinajstić information content (AvgIpc) is 2.52. The summed E-state index contributed by atoms with van der Waals surface area (Å²) in [5.41, 5.74) is -0.588. The predicted molar refractivity (Wildman–Crippen MR) is 86.9 cm³/mol. The second-order valence-corrected chi connectivity index (χ2v) is 6.62. The number of methoxy groups -OCH3 is 1. The highest BCUT2D eigenvalue weighted by Gasteiger charge is 2.39. The number of benzene rings is 1. The zero-order valence-electron chi connectivity index (χ0n) is 13.5. The quantitative estimate of drug-likeness (QED) is 0.894. The van der Waals surface area contributed by atoms with Crippen LogP contribution in [0, 0.1) is 11.7 Å². The number of carbonyl (C=O) groups excluding carboxylic acids is 1. The average molecular weight is 344 g/mol. The van der Waals surface area contributed by atoms with E-state index in [1.54, 1.807) is 18.1 Å². The topological polar surface area (TPSA) is 49.8 Å². The van der Waals surface area contributed by atoms with Crippen molar-refractivity contribution in [3.8, 4) is 0 Å². The molecule has 2 rings (SSSR count). The first kappa shape index (κ1) is 18.2. The van der Waals surface area contributed by atoms with Gasteiger partial charge in [0.25, 0.3) is 0 Å². The van der Waals surface area contributed by atoms with Crippen LogP contribution in [-0.4, -0.2) is 48.3 Å². The molecule has 0 aromatic heterocycles. The standard InChI is InChI=1S/C17H23ClFNO3/c1-12-11-20(8-6-17(12,22)7-9-23-2)16(21)10-13-14(18)4-3-5-15(13)19/h3-5,12,22H,6-11H2,1-2H3. The maximum Gasteiger partial charge on any atom is 0.227 e. The molecule has 1 aromatic carbocycles. The Balaban J connectivity index is 2.00. The van der Waals surface area contributed by atoms with Crippen molar-refractivity contribution in [3.05, 3.63) is 34.6 Å². The summed E-state index contributed by atoms with van der Waals surface area (Å²) >= 11 is 5.98. The van der Waals surface area contributed by atoms with E-state index in [-0.39, 0.29) is 28.8 Å². The lowest BCUT2D eigenvalue weighted by Crippen LogP contribution is -2.53. The van der Waals surface area contributed by atoms with Crippen molar-refractivity contribution in [1.82, 2.24) is 4.90 Å². The molecule has 2 atom stereocenters. The van der Waals surface area contributed by atoms with Crippen LogP contribution in [0.2, 0.25) is 5.02 Å². The Morgan fingerprint density at radius 1 is 1.57 bits per heavy atom. The number of rotatable bonds is 5. The third-order valence-electron chi connectivity index (χ3n) is 4.71. The molecule has 1 aromatic rings. The zero-order valence-corrected chi connectivity index (χ0v) is 14.3. The minimum atomic E-state index is -0.817. The molecule has 1 N–H and O–H groups in total. The van der Waals surface area contributed by atoms with Crippen LogP contribution >= 0.6 is 11.6 Å². The van der Waals surface area contributed by atoms with Gasteiger partial charge in [0.2, 0.25) is 5.91 Å². The van der Waals surface area contributed by atoms with E-state index in [9.17, 15) is 14.3 Å². The van der Waals surface area contributed by atoms with E-state index in [0.717, 1.165) is 0 Å². The number of aliphatic hydroxyl groups is 1. The molecule has 1 heterocycles. The van der Waals surface area contributed by atoms with Crippen molar-refractivity contribution in [3.63, 3.8) is 0 Å². The highest BCUT2D eigenvalue weighted by Crippen LogP contribution is 2.31. The van der Waals surface area contributed by atoms with Gasteiger partial charge >= 0.3 is 0 Å². The Morgan fingerprint density at radius 2 is 2.30 bits per heavy atom. The van der Waals surface area contributed by atoms with Gasteiger partial charge in [-0.25, -0.2) is 4.39 Å². The Bertz CT molecular complexity index is 549. The molecule has 0 aliphatic carbocycles. The highest BCUT2D eigenvalue weighted by molar-refractivity contribution is 6.31. The third-order valence-corrected chi connectivity index (χ3v) is 5.06. The van der Waals surface area contributed by atoms with Crippen LogP contribution in [0.3, 0.4) is 0 Å². The fourth-order valence-corrected chi connectivity index (χ4v) is 3.24. The Kier molecular flexibility index (Phi) is 6.00. The highest BCUT2D eigenvalue weighted by atomic mass is 35.5. The van der Waals surface area contributed by atoms with Crippen LogP contribution in [0.15, 0.2) is 18.2 Å². The third kappa shape index (κ3) is 4.22. The number of amides is 1. The molecule has 1 aliphatic heterocycles. The molecular formula is C17H23ClFNO3. The summed E-state index contributed by atoms with van der Waals surface area (Å²) < 4.78 is 18.8. The summed E-state index contributed by atoms with van der Waals surface area (Å²) in [5, 5.41) is 10.9. The van der Waals surface area contributed by atoms with Crippen molar-refractivity contribution in [2.75, 3.05) is 26.8 Å². The Morgan fingerprint density at radius 3 is 2.91 bits per heavy atom. The molecule has 1 saturated heterocycles. The van der Waals surface area contributed by atoms with Crippen molar-refractivity contribution >= 4 is 17.5 Å². The maximum atomic E-state index is 13.8. The van der Waals surface area contributed by atoms with E-state index in [1.165, 1.54) is 12.1 Å². The van der Waals surface area contributed by atoms with Gasteiger partial charge in [-0.2, -0.15) is 0 Å². The fourth-order valence-electron chi connectivity index (χ4n) is 3.01. The summed E-state index contributed by atoms with van der Waals surface area (Å²) in [6.45, 7) is 3.31. The van der Waals surface area contributed by atoms with Crippen LogP contribution in [0.25, 0.3) is 0 Å². The number of likely N-dealkylation sites (tertiary alicyclic amines) is 1. The first-order valence-corrected chi connectivity index (χ1v) is 8.17. The molecule has 1 amide bonds. The molecule has 1 fully saturated rings. The van der Waals surface area contributed by atoms with Crippen LogP contribution < -0.4 is 0 Å². The maximum absolute atomic E-state index is 13.8. The van der Waals surface area contributed by atoms with Gasteiger partial charge in [0.15, 0.2) is 0 Å². The lowest BCUT2D eigenvalue weighted by atomic mass is 9.79. The number of piperidine rings is 1. The molecule has 1 aliphatic rings. The second-order valence-electron chi connectivity index (χ2n) is 6.21. The number of halogens is 2. The Labute approximate surface area is 141 Å². The van der Waals surface area contributed by atoms with E-state index in [0.29, 0.717) is 32.5 Å². The summed E-state index contributed by atoms with van der Waals surface area (Å²) in [5.74, 6) is -0.698. The van der Waals surface area contributed by atoms with Gasteiger partial charge in [0.05, 0.1) is 12.0 Å². The molecule has 6 heteroatoms. The van der Waals surface area contributed by atoms with Crippen molar-refractivity contribution in [2.24, 2.45) is 5.92 Å². The molecule has 0 saturated carbocycles. The summed E-state index contributed by atoms with van der Waals surface area (Å²) in [6, 6.07) is 4.40. The summed E-state index contributed by atoms with van der Waals surface area (Å²) in [7, 11) is 1.60. The second kappa shape index (κ2) is 7.60. The van der Waals surface area contributed by atoms with Gasteiger partial charge in [-0.05, 0) is 25.0 Å². The number of hydrogen-bond donors (Lipinski definition) is 1. The Hall–Kier alpha value is -1.17. The van der Waals surface area contributed by atoms with Gasteiger partial charge in [0.1, 0.15) is 5.82 Å². The lowest BCUT2D eigenvalue weighted by Gasteiger charge is -2.43. The molecule has 128 valence electrons. The minimum absolute atomic E-state index is 0.0608. The smallest absolute Gasteiger partial charge is 0.227 e. The van der Waals surface area contributed by atoms with Gasteiger partial charge in [-0.15, -0.1) is 0 Å². The SMILES string of the molecule is COCCC1(O)CCN(C(=O)Cc2c(F)cccc2Cl)CC1C. The van der Waals surface area contributed by atoms with E-state index in [2.05, 4.69) is 0 Å². The molecular weight excluding hydrogens is 321 g/mol. The van der Waals surface area contributed by atoms with E-state index in [1.807, 2.05) is 6.92 Å². The van der Waals surface area contributed by atoms with Crippen molar-refractivity contribution < 1.29 is 19.0 Å². The van der Waals surface area contributed by atoms with E-state index >= 15 is 0 Å². The number of hydrogen-bond acceptors (Lipinski definition) is 3. The lowest BCUT2D eigenvalue weighted by molar-refractivity contribution is -0.139. The van der Waals surface area contributed by atoms with Gasteiger partial charge in [-0.3, -0.25) is 4.79 Å². The van der Waals surface area contributed by atoms with Crippen molar-refractivity contribution in [2.45, 2.75) is 31.8 Å². The van der Waals surface area contributed by atoms with Gasteiger partial charge < -0.3 is 14.7 Å². The molecule has 0 radical (unpaired) electrons. The van der Waals surface area contributed by atoms with E-state index in [4.69, 9.17) is 16.3 Å². The molecule has 4 nitrogen and oxygen atoms in total. The number of carbonyl (C=O) groups is 1. The van der Waals surface area contributed by atoms with Crippen LogP contribution in [0.4, 0.5) is 4.39 Å². The van der Waals surface area contributed by atoms with Crippen molar-refractivity contribution in [1.29, 1.82) is 0 Å². The van der Waals surface area contributed by atoms with Gasteiger partial charge in [-0.1, -0.05) is 24.6 Å². The number of nitrogens with zero attached hydrogens (tertiary/aromatic N) is 1. The number of ether oxygens (including phenoxy) is 1. The van der Waals surface area contributed by atoms with Crippen LogP contribution in [0.1, 0.15) is 25.3 Å². The largest absolute Gasteiger partial charge is 0.389 e. The van der Waals surface area contributed by atoms with Gasteiger partial charge in [0, 0.05) is 43.3 Å². The molecule has 0 bridgehead atoms. The normalized spacial score (nSPS) is 24.7. The van der Waals surface area contributed by atoms with E-state index < -0.39 is 11.4 Å². The monoisotopic (exact) mass is 343 g/mol. The van der Waals surface area contributed by atoms with Crippen LogP contribution in [-0.2, 0) is 16.0 Å². The first-order valence-electron chi connectivity index (χ1n) is 7.79. The minimum Gasteiger partial charge on any atom is -0.389 e. The fraction of sp³-hybridized carbons (Fsp3) is 0.588. The zero-order chi connectivity index (χ0) is 17.0. The predicted octanol–water partition coefficient (Wildman–Crippen LogP) is 2.66. The summed E-state index contributed by atoms with van der Waals surface area (Å²) in [4.78, 5) is 14.1. The van der Waals surface area contributed by atoms with Crippen LogP contribution in [0.5, 0.6) is 0 Å². The summed E-state index contributed by atoms with van der Waals surface area (Å²) in [6.07, 6.45) is 0.981. The molecule has 23 heavy (non-hydrogen) atoms. The molecule has 0 spiro atoms. The molecule has 2 unspecified atom stereocenters.